The first-order valence-electron chi connectivity index (χ1n) is 20.7. The van der Waals surface area contributed by atoms with E-state index in [1.54, 1.807) is 0 Å². The van der Waals surface area contributed by atoms with Crippen LogP contribution in [0.1, 0.15) is 106 Å². The standard InChI is InChI=1S/C42H62O16/c1-37(2)21-8-11-42(7)31(20(43)16-18-19-17-39(4,36(53)54)13-12-38(19,3)14-15-41(18,42)6)40(21,5)10-9-22(37)55-35-30(26(47)25(46)29(57-35)33(51)52)58-34-27(48)23(44)24(45)28(56-34)32(49)50/h16,19,21-31,34-35,44-48H,8-15,17H2,1-7H3,(H,49,50)(H,51,52)(H,53,54)/t19?,21?,22?,23?,24?,25?,26?,27?,28?,29?,30?,31?,34?,35?,38-,39+,40+,41-,42-/m1/s1. The second kappa shape index (κ2) is 14.3. The highest BCUT2D eigenvalue weighted by Gasteiger charge is 2.71. The molecule has 16 heteroatoms. The SMILES string of the molecule is CC1(C)C(OC2OC(C(=O)O)C(O)C(O)C2OC2OC(C(=O)O)C(O)C(O)C2O)CC[C@@]2(C)C1CC[C@]1(C)C2C(=O)C=C2C3C[C@@](C)(C(=O)O)CC[C@]3(C)CC[C@]21C. The topological polar surface area (TPSA) is 267 Å². The Morgan fingerprint density at radius 3 is 1.88 bits per heavy atom. The number of ketones is 1. The molecule has 0 radical (unpaired) electrons. The van der Waals surface area contributed by atoms with Crippen molar-refractivity contribution >= 4 is 23.7 Å². The van der Waals surface area contributed by atoms with E-state index in [-0.39, 0.29) is 34.4 Å². The summed E-state index contributed by atoms with van der Waals surface area (Å²) in [6.45, 7) is 14.8. The van der Waals surface area contributed by atoms with Crippen molar-refractivity contribution in [2.45, 2.75) is 174 Å². The van der Waals surface area contributed by atoms with E-state index in [2.05, 4.69) is 27.7 Å². The lowest BCUT2D eigenvalue weighted by atomic mass is 9.33. The highest BCUT2D eigenvalue weighted by atomic mass is 16.8. The molecule has 0 amide bonds. The van der Waals surface area contributed by atoms with Crippen LogP contribution in [0.15, 0.2) is 11.6 Å². The summed E-state index contributed by atoms with van der Waals surface area (Å²) in [4.78, 5) is 51.3. The predicted octanol–water partition coefficient (Wildman–Crippen LogP) is 2.25. The summed E-state index contributed by atoms with van der Waals surface area (Å²) in [7, 11) is 0. The molecule has 0 aromatic rings. The Morgan fingerprint density at radius 2 is 1.28 bits per heavy atom. The molecule has 2 aliphatic heterocycles. The van der Waals surface area contributed by atoms with Crippen LogP contribution in [0.3, 0.4) is 0 Å². The number of hydrogen-bond donors (Lipinski definition) is 8. The quantitative estimate of drug-likeness (QED) is 0.171. The van der Waals surface area contributed by atoms with Crippen molar-refractivity contribution in [3.05, 3.63) is 11.6 Å². The van der Waals surface area contributed by atoms with Gasteiger partial charge in [-0.2, -0.15) is 0 Å². The third-order valence-electron chi connectivity index (χ3n) is 17.2. The van der Waals surface area contributed by atoms with Crippen molar-refractivity contribution in [2.75, 3.05) is 0 Å². The van der Waals surface area contributed by atoms with Gasteiger partial charge in [0.25, 0.3) is 0 Å². The Morgan fingerprint density at radius 1 is 0.690 bits per heavy atom. The normalized spacial score (nSPS) is 52.6. The first kappa shape index (κ1) is 43.5. The van der Waals surface area contributed by atoms with Crippen LogP contribution in [0.4, 0.5) is 0 Å². The number of aliphatic hydroxyl groups excluding tert-OH is 5. The number of hydrogen-bond acceptors (Lipinski definition) is 13. The first-order chi connectivity index (χ1) is 26.8. The van der Waals surface area contributed by atoms with Crippen molar-refractivity contribution in [1.29, 1.82) is 0 Å². The van der Waals surface area contributed by atoms with Gasteiger partial charge in [-0.1, -0.05) is 47.1 Å². The van der Waals surface area contributed by atoms with Gasteiger partial charge in [0.15, 0.2) is 30.6 Å². The van der Waals surface area contributed by atoms with Crippen LogP contribution in [0.25, 0.3) is 0 Å². The molecule has 8 N–H and O–H groups in total. The van der Waals surface area contributed by atoms with Crippen LogP contribution in [-0.2, 0) is 38.1 Å². The number of fused-ring (bicyclic) bond motifs is 7. The van der Waals surface area contributed by atoms with Gasteiger partial charge in [0, 0.05) is 5.92 Å². The van der Waals surface area contributed by atoms with Gasteiger partial charge in [-0.25, -0.2) is 9.59 Å². The summed E-state index contributed by atoms with van der Waals surface area (Å²) >= 11 is 0. The molecule has 0 bridgehead atoms. The Bertz CT molecular complexity index is 1730. The van der Waals surface area contributed by atoms with E-state index < -0.39 is 107 Å². The molecule has 0 aromatic carbocycles. The Balaban J connectivity index is 1.17. The van der Waals surface area contributed by atoms with Crippen LogP contribution in [0, 0.1) is 50.2 Å². The highest BCUT2D eigenvalue weighted by molar-refractivity contribution is 5.95. The minimum absolute atomic E-state index is 0.0217. The number of rotatable bonds is 7. The zero-order valence-corrected chi connectivity index (χ0v) is 34.4. The molecule has 6 fully saturated rings. The molecule has 5 aliphatic carbocycles. The fourth-order valence-corrected chi connectivity index (χ4v) is 13.4. The molecule has 7 rings (SSSR count). The van der Waals surface area contributed by atoms with Gasteiger partial charge < -0.3 is 59.8 Å². The average molecular weight is 823 g/mol. The Kier molecular flexibility index (Phi) is 10.7. The zero-order valence-electron chi connectivity index (χ0n) is 34.4. The molecule has 58 heavy (non-hydrogen) atoms. The maximum Gasteiger partial charge on any atom is 0.335 e. The minimum atomic E-state index is -2.05. The van der Waals surface area contributed by atoms with E-state index in [9.17, 15) is 60.0 Å². The fourth-order valence-electron chi connectivity index (χ4n) is 13.4. The number of carboxylic acids is 3. The molecule has 14 unspecified atom stereocenters. The summed E-state index contributed by atoms with van der Waals surface area (Å²) in [5.74, 6) is -4.47. The van der Waals surface area contributed by atoms with E-state index in [0.717, 1.165) is 37.7 Å². The van der Waals surface area contributed by atoms with Gasteiger partial charge >= 0.3 is 17.9 Å². The molecule has 7 aliphatic rings. The maximum absolute atomic E-state index is 14.8. The Labute approximate surface area is 337 Å². The van der Waals surface area contributed by atoms with Gasteiger partial charge in [0.2, 0.25) is 0 Å². The molecule has 2 saturated heterocycles. The second-order valence-corrected chi connectivity index (χ2v) is 20.6. The van der Waals surface area contributed by atoms with Crippen molar-refractivity contribution in [3.63, 3.8) is 0 Å². The lowest BCUT2D eigenvalue weighted by Gasteiger charge is -2.70. The number of carbonyl (C=O) groups excluding carboxylic acids is 1. The summed E-state index contributed by atoms with van der Waals surface area (Å²) in [5, 5.41) is 83.0. The second-order valence-electron chi connectivity index (χ2n) is 20.6. The van der Waals surface area contributed by atoms with E-state index >= 15 is 0 Å². The van der Waals surface area contributed by atoms with E-state index in [0.29, 0.717) is 25.7 Å². The number of carbonyl (C=O) groups is 4. The van der Waals surface area contributed by atoms with Crippen LogP contribution in [0.2, 0.25) is 0 Å². The molecule has 16 nitrogen and oxygen atoms in total. The van der Waals surface area contributed by atoms with Crippen LogP contribution in [0.5, 0.6) is 0 Å². The number of carboxylic acid groups (broad SMARTS) is 3. The smallest absolute Gasteiger partial charge is 0.335 e. The van der Waals surface area contributed by atoms with E-state index in [4.69, 9.17) is 18.9 Å². The summed E-state index contributed by atoms with van der Waals surface area (Å²) in [6.07, 6.45) is -12.2. The fraction of sp³-hybridized carbons (Fsp3) is 0.857. The zero-order chi connectivity index (χ0) is 42.9. The molecule has 19 atom stereocenters. The van der Waals surface area contributed by atoms with Gasteiger partial charge in [0.05, 0.1) is 11.5 Å². The van der Waals surface area contributed by atoms with Crippen molar-refractivity contribution in [1.82, 2.24) is 0 Å². The van der Waals surface area contributed by atoms with Crippen molar-refractivity contribution in [2.24, 2.45) is 50.2 Å². The van der Waals surface area contributed by atoms with Crippen LogP contribution < -0.4 is 0 Å². The maximum atomic E-state index is 14.8. The molecule has 4 saturated carbocycles. The number of ether oxygens (including phenoxy) is 4. The average Bonchev–Trinajstić information content (AvgIpc) is 3.13. The predicted molar refractivity (Wildman–Crippen MR) is 199 cm³/mol. The summed E-state index contributed by atoms with van der Waals surface area (Å²) in [5.41, 5.74) is -1.81. The third kappa shape index (κ3) is 6.25. The van der Waals surface area contributed by atoms with Crippen molar-refractivity contribution < 1.29 is 79.0 Å². The summed E-state index contributed by atoms with van der Waals surface area (Å²) in [6, 6.07) is 0. The molecular weight excluding hydrogens is 760 g/mol. The van der Waals surface area contributed by atoms with Gasteiger partial charge in [-0.3, -0.25) is 9.59 Å². The van der Waals surface area contributed by atoms with Crippen LogP contribution in [-0.4, -0.2) is 132 Å². The van der Waals surface area contributed by atoms with Crippen LogP contribution >= 0.6 is 0 Å². The van der Waals surface area contributed by atoms with Crippen molar-refractivity contribution in [3.8, 4) is 0 Å². The molecular formula is C42H62O16. The van der Waals surface area contributed by atoms with Gasteiger partial charge in [0.1, 0.15) is 36.6 Å². The molecule has 0 aromatic heterocycles. The minimum Gasteiger partial charge on any atom is -0.481 e. The lowest BCUT2D eigenvalue weighted by molar-refractivity contribution is -0.371. The first-order valence-corrected chi connectivity index (χ1v) is 20.7. The highest BCUT2D eigenvalue weighted by Crippen LogP contribution is 2.75. The molecule has 2 heterocycles. The van der Waals surface area contributed by atoms with Gasteiger partial charge in [-0.05, 0) is 110 Å². The largest absolute Gasteiger partial charge is 0.481 e. The monoisotopic (exact) mass is 822 g/mol. The van der Waals surface area contributed by atoms with Gasteiger partial charge in [-0.15, -0.1) is 0 Å². The van der Waals surface area contributed by atoms with E-state index in [1.165, 1.54) is 0 Å². The number of aliphatic carboxylic acids is 3. The molecule has 326 valence electrons. The summed E-state index contributed by atoms with van der Waals surface area (Å²) < 4.78 is 23.4. The Hall–Kier alpha value is -2.54. The lowest BCUT2D eigenvalue weighted by Crippen LogP contribution is -2.68. The third-order valence-corrected chi connectivity index (χ3v) is 17.2. The molecule has 0 spiro atoms. The number of aliphatic hydroxyl groups is 5. The number of allylic oxidation sites excluding steroid dienone is 2. The van der Waals surface area contributed by atoms with E-state index in [1.807, 2.05) is 26.8 Å².